The molecule has 0 radical (unpaired) electrons. The van der Waals surface area contributed by atoms with Gasteiger partial charge in [-0.1, -0.05) is 19.1 Å². The summed E-state index contributed by atoms with van der Waals surface area (Å²) in [6.45, 7) is 2.66. The predicted octanol–water partition coefficient (Wildman–Crippen LogP) is 5.09. The lowest BCUT2D eigenvalue weighted by atomic mass is 10.2. The lowest BCUT2D eigenvalue weighted by Crippen LogP contribution is -1.99. The van der Waals surface area contributed by atoms with E-state index in [1.807, 2.05) is 37.3 Å². The number of hydrogen-bond acceptors (Lipinski definition) is 5. The standard InChI is InChI=1S/C20H21FN2O3/c1-3-14(11-21)13-25-17-7-8-18-19(10-17)26-20(23-18)22-12-15-5-4-6-16(9-15)24-2/h4-11H,3,12-13H2,1-2H3,(H,22,23)/b14-11+. The Hall–Kier alpha value is -3.02. The first kappa shape index (κ1) is 17.8. The Morgan fingerprint density at radius 2 is 2.12 bits per heavy atom. The molecule has 0 saturated heterocycles. The van der Waals surface area contributed by atoms with Crippen LogP contribution >= 0.6 is 0 Å². The SMILES string of the molecule is CC/C(=C\F)COc1ccc2nc(NCc3cccc(OC)c3)oc2c1. The summed E-state index contributed by atoms with van der Waals surface area (Å²) in [5.74, 6) is 1.42. The first-order valence-electron chi connectivity index (χ1n) is 8.40. The molecule has 3 rings (SSSR count). The molecule has 0 bridgehead atoms. The zero-order chi connectivity index (χ0) is 18.4. The highest BCUT2D eigenvalue weighted by atomic mass is 19.1. The van der Waals surface area contributed by atoms with E-state index in [2.05, 4.69) is 10.3 Å². The quantitative estimate of drug-likeness (QED) is 0.609. The van der Waals surface area contributed by atoms with Crippen molar-refractivity contribution in [2.45, 2.75) is 19.9 Å². The molecular weight excluding hydrogens is 335 g/mol. The van der Waals surface area contributed by atoms with Crippen LogP contribution in [0.2, 0.25) is 0 Å². The largest absolute Gasteiger partial charge is 0.497 e. The fraction of sp³-hybridized carbons (Fsp3) is 0.250. The lowest BCUT2D eigenvalue weighted by Gasteiger charge is -2.06. The summed E-state index contributed by atoms with van der Waals surface area (Å²) in [6.07, 6.45) is 1.20. The molecule has 1 heterocycles. The second-order valence-electron chi connectivity index (χ2n) is 5.76. The number of anilines is 1. The molecule has 0 aliphatic rings. The highest BCUT2D eigenvalue weighted by molar-refractivity contribution is 5.76. The van der Waals surface area contributed by atoms with Crippen molar-refractivity contribution in [2.24, 2.45) is 0 Å². The molecule has 3 aromatic rings. The number of fused-ring (bicyclic) bond motifs is 1. The van der Waals surface area contributed by atoms with Crippen LogP contribution in [0.3, 0.4) is 0 Å². The first-order valence-corrected chi connectivity index (χ1v) is 8.40. The summed E-state index contributed by atoms with van der Waals surface area (Å²) in [7, 11) is 1.64. The van der Waals surface area contributed by atoms with Crippen LogP contribution in [0.25, 0.3) is 11.1 Å². The molecule has 0 unspecified atom stereocenters. The van der Waals surface area contributed by atoms with E-state index in [9.17, 15) is 4.39 Å². The van der Waals surface area contributed by atoms with Crippen molar-refractivity contribution in [3.63, 3.8) is 0 Å². The molecule has 5 nitrogen and oxygen atoms in total. The smallest absolute Gasteiger partial charge is 0.295 e. The number of ether oxygens (including phenoxy) is 2. The third-order valence-corrected chi connectivity index (χ3v) is 3.97. The molecule has 0 fully saturated rings. The maximum atomic E-state index is 12.6. The van der Waals surface area contributed by atoms with Gasteiger partial charge < -0.3 is 19.2 Å². The number of nitrogens with one attached hydrogen (secondary N) is 1. The van der Waals surface area contributed by atoms with Crippen molar-refractivity contribution in [2.75, 3.05) is 19.0 Å². The zero-order valence-electron chi connectivity index (χ0n) is 14.8. The predicted molar refractivity (Wildman–Crippen MR) is 99.3 cm³/mol. The summed E-state index contributed by atoms with van der Waals surface area (Å²) in [4.78, 5) is 4.40. The summed E-state index contributed by atoms with van der Waals surface area (Å²) < 4.78 is 29.1. The van der Waals surface area contributed by atoms with Gasteiger partial charge in [-0.15, -0.1) is 0 Å². The Bertz CT molecular complexity index is 905. The Labute approximate surface area is 151 Å². The van der Waals surface area contributed by atoms with E-state index in [1.54, 1.807) is 19.2 Å². The number of nitrogens with zero attached hydrogens (tertiary/aromatic N) is 1. The Morgan fingerprint density at radius 1 is 1.23 bits per heavy atom. The van der Waals surface area contributed by atoms with Gasteiger partial charge in [-0.25, -0.2) is 4.39 Å². The van der Waals surface area contributed by atoms with E-state index in [4.69, 9.17) is 13.9 Å². The summed E-state index contributed by atoms with van der Waals surface area (Å²) in [6, 6.07) is 13.6. The van der Waals surface area contributed by atoms with Crippen molar-refractivity contribution < 1.29 is 18.3 Å². The van der Waals surface area contributed by atoms with Gasteiger partial charge in [0.05, 0.1) is 13.4 Å². The van der Waals surface area contributed by atoms with E-state index in [0.29, 0.717) is 42.2 Å². The molecule has 0 saturated carbocycles. The molecule has 6 heteroatoms. The van der Waals surface area contributed by atoms with Crippen LogP contribution in [-0.4, -0.2) is 18.7 Å². The molecule has 0 spiro atoms. The lowest BCUT2D eigenvalue weighted by molar-refractivity contribution is 0.345. The van der Waals surface area contributed by atoms with Crippen LogP contribution in [0.4, 0.5) is 10.4 Å². The molecular formula is C20H21FN2O3. The minimum atomic E-state index is 0.216. The molecule has 0 aliphatic heterocycles. The van der Waals surface area contributed by atoms with Crippen molar-refractivity contribution in [1.82, 2.24) is 4.98 Å². The van der Waals surface area contributed by atoms with Gasteiger partial charge in [-0.3, -0.25) is 0 Å². The van der Waals surface area contributed by atoms with Crippen LogP contribution < -0.4 is 14.8 Å². The number of aromatic nitrogens is 1. The number of hydrogen-bond donors (Lipinski definition) is 1. The Morgan fingerprint density at radius 3 is 2.88 bits per heavy atom. The average molecular weight is 356 g/mol. The monoisotopic (exact) mass is 356 g/mol. The maximum Gasteiger partial charge on any atom is 0.295 e. The van der Waals surface area contributed by atoms with Gasteiger partial charge in [-0.2, -0.15) is 4.98 Å². The summed E-state index contributed by atoms with van der Waals surface area (Å²) in [5.41, 5.74) is 2.99. The van der Waals surface area contributed by atoms with Crippen LogP contribution in [-0.2, 0) is 6.54 Å². The van der Waals surface area contributed by atoms with E-state index in [0.717, 1.165) is 16.8 Å². The van der Waals surface area contributed by atoms with Crippen molar-refractivity contribution in [3.8, 4) is 11.5 Å². The topological polar surface area (TPSA) is 56.5 Å². The first-order chi connectivity index (χ1) is 12.7. The molecule has 1 N–H and O–H groups in total. The second kappa shape index (κ2) is 8.38. The van der Waals surface area contributed by atoms with Gasteiger partial charge in [0.2, 0.25) is 0 Å². The Balaban J connectivity index is 1.66. The number of oxazole rings is 1. The van der Waals surface area contributed by atoms with Gasteiger partial charge in [-0.05, 0) is 41.8 Å². The molecule has 0 atom stereocenters. The molecule has 0 aliphatic carbocycles. The average Bonchev–Trinajstić information content (AvgIpc) is 3.09. The molecule has 136 valence electrons. The highest BCUT2D eigenvalue weighted by Gasteiger charge is 2.08. The summed E-state index contributed by atoms with van der Waals surface area (Å²) >= 11 is 0. The van der Waals surface area contributed by atoms with Gasteiger partial charge >= 0.3 is 0 Å². The van der Waals surface area contributed by atoms with Crippen LogP contribution in [0.5, 0.6) is 11.5 Å². The molecule has 1 aromatic heterocycles. The van der Waals surface area contributed by atoms with Crippen LogP contribution in [0, 0.1) is 0 Å². The molecule has 0 amide bonds. The van der Waals surface area contributed by atoms with Gasteiger partial charge in [0.15, 0.2) is 5.58 Å². The fourth-order valence-corrected chi connectivity index (χ4v) is 2.42. The third kappa shape index (κ3) is 4.33. The normalized spacial score (nSPS) is 11.6. The minimum Gasteiger partial charge on any atom is -0.497 e. The summed E-state index contributed by atoms with van der Waals surface area (Å²) in [5, 5.41) is 3.16. The van der Waals surface area contributed by atoms with Crippen LogP contribution in [0.1, 0.15) is 18.9 Å². The Kier molecular flexibility index (Phi) is 5.73. The van der Waals surface area contributed by atoms with E-state index >= 15 is 0 Å². The highest BCUT2D eigenvalue weighted by Crippen LogP contribution is 2.25. The third-order valence-electron chi connectivity index (χ3n) is 3.97. The maximum absolute atomic E-state index is 12.6. The fourth-order valence-electron chi connectivity index (χ4n) is 2.42. The number of rotatable bonds is 8. The second-order valence-corrected chi connectivity index (χ2v) is 5.76. The number of benzene rings is 2. The van der Waals surface area contributed by atoms with E-state index < -0.39 is 0 Å². The zero-order valence-corrected chi connectivity index (χ0v) is 14.8. The van der Waals surface area contributed by atoms with Gasteiger partial charge in [0.1, 0.15) is 23.6 Å². The number of methoxy groups -OCH3 is 1. The van der Waals surface area contributed by atoms with Gasteiger partial charge in [0, 0.05) is 12.6 Å². The minimum absolute atomic E-state index is 0.216. The number of halogens is 1. The van der Waals surface area contributed by atoms with Gasteiger partial charge in [0.25, 0.3) is 6.01 Å². The van der Waals surface area contributed by atoms with E-state index in [-0.39, 0.29) is 6.61 Å². The van der Waals surface area contributed by atoms with Crippen LogP contribution in [0.15, 0.2) is 58.8 Å². The van der Waals surface area contributed by atoms with Crippen molar-refractivity contribution in [1.29, 1.82) is 0 Å². The molecule has 2 aromatic carbocycles. The molecule has 26 heavy (non-hydrogen) atoms. The van der Waals surface area contributed by atoms with E-state index in [1.165, 1.54) is 0 Å². The van der Waals surface area contributed by atoms with Crippen molar-refractivity contribution >= 4 is 17.1 Å². The van der Waals surface area contributed by atoms with Crippen molar-refractivity contribution in [3.05, 3.63) is 59.9 Å².